The molecular weight excluding hydrogens is 254 g/mol. The zero-order valence-corrected chi connectivity index (χ0v) is 10.9. The number of rotatable bonds is 3. The molecule has 0 spiro atoms. The van der Waals surface area contributed by atoms with Crippen molar-refractivity contribution >= 4 is 11.6 Å². The first-order valence-electron chi connectivity index (χ1n) is 5.58. The largest absolute Gasteiger partial charge is 0.507 e. The van der Waals surface area contributed by atoms with Crippen LogP contribution in [0, 0.1) is 0 Å². The van der Waals surface area contributed by atoms with E-state index in [4.69, 9.17) is 21.9 Å². The predicted octanol–water partition coefficient (Wildman–Crippen LogP) is 2.68. The SMILES string of the molecule is CC(C)c1cc(O)c(-c2noc(CN)n2)cc1Cl. The molecule has 1 heterocycles. The van der Waals surface area contributed by atoms with Crippen molar-refractivity contribution in [3.8, 4) is 17.1 Å². The molecule has 0 saturated carbocycles. The molecule has 96 valence electrons. The summed E-state index contributed by atoms with van der Waals surface area (Å²) in [7, 11) is 0. The molecule has 2 aromatic rings. The quantitative estimate of drug-likeness (QED) is 0.893. The van der Waals surface area contributed by atoms with Crippen molar-refractivity contribution < 1.29 is 9.63 Å². The predicted molar refractivity (Wildman–Crippen MR) is 68.4 cm³/mol. The number of benzene rings is 1. The second-order valence-corrected chi connectivity index (χ2v) is 4.67. The summed E-state index contributed by atoms with van der Waals surface area (Å²) in [4.78, 5) is 4.05. The van der Waals surface area contributed by atoms with Crippen LogP contribution in [0.4, 0.5) is 0 Å². The van der Waals surface area contributed by atoms with Gasteiger partial charge in [-0.25, -0.2) is 0 Å². The van der Waals surface area contributed by atoms with Crippen LogP contribution in [0.5, 0.6) is 5.75 Å². The molecule has 0 bridgehead atoms. The van der Waals surface area contributed by atoms with Crippen molar-refractivity contribution in [1.82, 2.24) is 10.1 Å². The highest BCUT2D eigenvalue weighted by molar-refractivity contribution is 6.31. The number of phenolic OH excluding ortho intramolecular Hbond substituents is 1. The smallest absolute Gasteiger partial charge is 0.240 e. The highest BCUT2D eigenvalue weighted by Gasteiger charge is 2.16. The molecule has 0 radical (unpaired) electrons. The Morgan fingerprint density at radius 3 is 2.72 bits per heavy atom. The van der Waals surface area contributed by atoms with Crippen molar-refractivity contribution in [2.45, 2.75) is 26.3 Å². The summed E-state index contributed by atoms with van der Waals surface area (Å²) in [5.74, 6) is 0.897. The average Bonchev–Trinajstić information content (AvgIpc) is 2.79. The molecular formula is C12H14ClN3O2. The van der Waals surface area contributed by atoms with Crippen molar-refractivity contribution in [2.75, 3.05) is 0 Å². The van der Waals surface area contributed by atoms with E-state index in [0.29, 0.717) is 16.5 Å². The normalized spacial score (nSPS) is 11.2. The molecule has 0 amide bonds. The Hall–Kier alpha value is -1.59. The molecule has 2 rings (SSSR count). The first-order chi connectivity index (χ1) is 8.52. The lowest BCUT2D eigenvalue weighted by Crippen LogP contribution is -1.96. The molecule has 0 atom stereocenters. The van der Waals surface area contributed by atoms with E-state index in [2.05, 4.69) is 10.1 Å². The van der Waals surface area contributed by atoms with E-state index >= 15 is 0 Å². The van der Waals surface area contributed by atoms with Gasteiger partial charge in [-0.1, -0.05) is 30.6 Å². The number of halogens is 1. The van der Waals surface area contributed by atoms with Gasteiger partial charge in [0.2, 0.25) is 11.7 Å². The van der Waals surface area contributed by atoms with Crippen molar-refractivity contribution in [3.63, 3.8) is 0 Å². The van der Waals surface area contributed by atoms with E-state index in [0.717, 1.165) is 5.56 Å². The second kappa shape index (κ2) is 4.96. The third-order valence-corrected chi connectivity index (χ3v) is 2.95. The Morgan fingerprint density at radius 1 is 1.44 bits per heavy atom. The van der Waals surface area contributed by atoms with E-state index in [1.165, 1.54) is 0 Å². The summed E-state index contributed by atoms with van der Waals surface area (Å²) in [5.41, 5.74) is 6.70. The number of aromatic hydroxyl groups is 1. The summed E-state index contributed by atoms with van der Waals surface area (Å²) in [6, 6.07) is 3.26. The zero-order valence-electron chi connectivity index (χ0n) is 10.1. The topological polar surface area (TPSA) is 85.2 Å². The molecule has 1 aromatic heterocycles. The van der Waals surface area contributed by atoms with E-state index in [-0.39, 0.29) is 24.0 Å². The number of phenols is 1. The third-order valence-electron chi connectivity index (χ3n) is 2.62. The lowest BCUT2D eigenvalue weighted by Gasteiger charge is -2.10. The van der Waals surface area contributed by atoms with Crippen LogP contribution < -0.4 is 5.73 Å². The third kappa shape index (κ3) is 2.32. The van der Waals surface area contributed by atoms with Crippen LogP contribution in [0.1, 0.15) is 31.2 Å². The van der Waals surface area contributed by atoms with Crippen LogP contribution in [0.25, 0.3) is 11.4 Å². The van der Waals surface area contributed by atoms with Gasteiger partial charge in [0, 0.05) is 5.02 Å². The standard InChI is InChI=1S/C12H14ClN3O2/c1-6(2)7-4-10(17)8(3-9(7)13)12-15-11(5-14)18-16-12/h3-4,6,17H,5,14H2,1-2H3. The summed E-state index contributed by atoms with van der Waals surface area (Å²) in [6.07, 6.45) is 0. The van der Waals surface area contributed by atoms with E-state index in [1.54, 1.807) is 12.1 Å². The fraction of sp³-hybridized carbons (Fsp3) is 0.333. The number of nitrogens with two attached hydrogens (primary N) is 1. The number of hydrogen-bond donors (Lipinski definition) is 2. The van der Waals surface area contributed by atoms with Crippen LogP contribution in [0.3, 0.4) is 0 Å². The fourth-order valence-electron chi connectivity index (χ4n) is 1.65. The Kier molecular flexibility index (Phi) is 3.54. The van der Waals surface area contributed by atoms with Gasteiger partial charge in [-0.3, -0.25) is 0 Å². The Bertz CT molecular complexity index is 566. The number of hydrogen-bond acceptors (Lipinski definition) is 5. The molecule has 6 heteroatoms. The van der Waals surface area contributed by atoms with Crippen LogP contribution in [0.2, 0.25) is 5.02 Å². The van der Waals surface area contributed by atoms with E-state index in [9.17, 15) is 5.11 Å². The van der Waals surface area contributed by atoms with Gasteiger partial charge in [-0.2, -0.15) is 4.98 Å². The van der Waals surface area contributed by atoms with Crippen LogP contribution in [0.15, 0.2) is 16.7 Å². The summed E-state index contributed by atoms with van der Waals surface area (Å²) in [5, 5.41) is 14.3. The first-order valence-corrected chi connectivity index (χ1v) is 5.96. The highest BCUT2D eigenvalue weighted by Crippen LogP contribution is 2.35. The van der Waals surface area contributed by atoms with Crippen molar-refractivity contribution in [2.24, 2.45) is 5.73 Å². The van der Waals surface area contributed by atoms with Crippen LogP contribution >= 0.6 is 11.6 Å². The monoisotopic (exact) mass is 267 g/mol. The van der Waals surface area contributed by atoms with Crippen LogP contribution in [-0.2, 0) is 6.54 Å². The maximum Gasteiger partial charge on any atom is 0.240 e. The number of nitrogens with zero attached hydrogens (tertiary/aromatic N) is 2. The summed E-state index contributed by atoms with van der Waals surface area (Å²) < 4.78 is 4.90. The van der Waals surface area contributed by atoms with Gasteiger partial charge >= 0.3 is 0 Å². The molecule has 0 fully saturated rings. The second-order valence-electron chi connectivity index (χ2n) is 4.26. The van der Waals surface area contributed by atoms with Crippen molar-refractivity contribution in [3.05, 3.63) is 28.6 Å². The summed E-state index contributed by atoms with van der Waals surface area (Å²) in [6.45, 7) is 4.16. The van der Waals surface area contributed by atoms with Gasteiger partial charge in [-0.05, 0) is 23.6 Å². The van der Waals surface area contributed by atoms with Crippen LogP contribution in [-0.4, -0.2) is 15.2 Å². The minimum atomic E-state index is 0.0764. The van der Waals surface area contributed by atoms with Gasteiger partial charge < -0.3 is 15.4 Å². The van der Waals surface area contributed by atoms with Crippen molar-refractivity contribution in [1.29, 1.82) is 0 Å². The lowest BCUT2D eigenvalue weighted by atomic mass is 10.0. The molecule has 0 aliphatic carbocycles. The van der Waals surface area contributed by atoms with E-state index < -0.39 is 0 Å². The van der Waals surface area contributed by atoms with Gasteiger partial charge in [0.15, 0.2) is 0 Å². The Labute approximate surface area is 110 Å². The highest BCUT2D eigenvalue weighted by atomic mass is 35.5. The van der Waals surface area contributed by atoms with Gasteiger partial charge in [-0.15, -0.1) is 0 Å². The maximum atomic E-state index is 9.99. The zero-order chi connectivity index (χ0) is 13.3. The Morgan fingerprint density at radius 2 is 2.17 bits per heavy atom. The molecule has 0 aliphatic heterocycles. The lowest BCUT2D eigenvalue weighted by molar-refractivity contribution is 0.380. The first kappa shape index (κ1) is 12.9. The fourth-order valence-corrected chi connectivity index (χ4v) is 2.03. The minimum Gasteiger partial charge on any atom is -0.507 e. The molecule has 3 N–H and O–H groups in total. The molecule has 0 unspecified atom stereocenters. The van der Waals surface area contributed by atoms with Gasteiger partial charge in [0.25, 0.3) is 0 Å². The number of aromatic nitrogens is 2. The molecule has 0 saturated heterocycles. The minimum absolute atomic E-state index is 0.0764. The maximum absolute atomic E-state index is 9.99. The molecule has 5 nitrogen and oxygen atoms in total. The Balaban J connectivity index is 2.49. The van der Waals surface area contributed by atoms with E-state index in [1.807, 2.05) is 13.8 Å². The molecule has 1 aromatic carbocycles. The molecule has 18 heavy (non-hydrogen) atoms. The van der Waals surface area contributed by atoms with Gasteiger partial charge in [0.1, 0.15) is 5.75 Å². The van der Waals surface area contributed by atoms with Gasteiger partial charge in [0.05, 0.1) is 12.1 Å². The average molecular weight is 268 g/mol. The summed E-state index contributed by atoms with van der Waals surface area (Å²) >= 11 is 6.16. The molecule has 0 aliphatic rings.